The summed E-state index contributed by atoms with van der Waals surface area (Å²) >= 11 is 0. The maximum atomic E-state index is 5.64. The van der Waals surface area contributed by atoms with Crippen LogP contribution in [0.2, 0.25) is 0 Å². The van der Waals surface area contributed by atoms with Crippen molar-refractivity contribution in [3.8, 4) is 0 Å². The van der Waals surface area contributed by atoms with Crippen LogP contribution in [0.4, 0.5) is 0 Å². The molecular formula is C10H21NO2. The fourth-order valence-corrected chi connectivity index (χ4v) is 1.60. The zero-order chi connectivity index (χ0) is 9.84. The van der Waals surface area contributed by atoms with E-state index in [0.29, 0.717) is 6.04 Å². The molecule has 0 aromatic carbocycles. The largest absolute Gasteiger partial charge is 0.379 e. The molecule has 1 aliphatic heterocycles. The smallest absolute Gasteiger partial charge is 0.0960 e. The lowest BCUT2D eigenvalue weighted by Crippen LogP contribution is -2.49. The summed E-state index contributed by atoms with van der Waals surface area (Å²) in [5, 5.41) is 0. The summed E-state index contributed by atoms with van der Waals surface area (Å²) in [6.07, 6.45) is 0.433. The van der Waals surface area contributed by atoms with Gasteiger partial charge in [-0.1, -0.05) is 0 Å². The van der Waals surface area contributed by atoms with Gasteiger partial charge in [0.1, 0.15) is 0 Å². The third-order valence-electron chi connectivity index (χ3n) is 2.75. The average Bonchev–Trinajstić information content (AvgIpc) is 2.17. The first-order chi connectivity index (χ1) is 6.15. The fourth-order valence-electron chi connectivity index (χ4n) is 1.60. The summed E-state index contributed by atoms with van der Waals surface area (Å²) in [7, 11) is 1.74. The molecular weight excluding hydrogens is 166 g/mol. The molecule has 0 radical (unpaired) electrons. The predicted octanol–water partition coefficient (Wildman–Crippen LogP) is 1.13. The molecule has 0 aromatic rings. The minimum Gasteiger partial charge on any atom is -0.379 e. The lowest BCUT2D eigenvalue weighted by atomic mass is 10.1. The van der Waals surface area contributed by atoms with E-state index in [-0.39, 0.29) is 12.2 Å². The number of methoxy groups -OCH3 is 1. The van der Waals surface area contributed by atoms with Crippen LogP contribution >= 0.6 is 0 Å². The zero-order valence-corrected chi connectivity index (χ0v) is 9.12. The maximum absolute atomic E-state index is 5.64. The number of nitrogens with zero attached hydrogens (tertiary/aromatic N) is 1. The Hall–Kier alpha value is -0.120. The Labute approximate surface area is 81.0 Å². The molecule has 0 saturated carbocycles. The van der Waals surface area contributed by atoms with Gasteiger partial charge in [0, 0.05) is 26.2 Å². The van der Waals surface area contributed by atoms with E-state index in [2.05, 4.69) is 25.7 Å². The van der Waals surface area contributed by atoms with Gasteiger partial charge in [-0.05, 0) is 20.8 Å². The average molecular weight is 187 g/mol. The minimum absolute atomic E-state index is 0.196. The molecule has 0 bridgehead atoms. The van der Waals surface area contributed by atoms with E-state index in [1.165, 1.54) is 0 Å². The second kappa shape index (κ2) is 4.94. The van der Waals surface area contributed by atoms with Crippen molar-refractivity contribution in [3.63, 3.8) is 0 Å². The molecule has 1 rings (SSSR count). The molecule has 0 spiro atoms. The van der Waals surface area contributed by atoms with Crippen LogP contribution in [0.1, 0.15) is 20.8 Å². The highest BCUT2D eigenvalue weighted by Gasteiger charge is 2.26. The van der Waals surface area contributed by atoms with Gasteiger partial charge in [0.05, 0.1) is 18.8 Å². The predicted molar refractivity (Wildman–Crippen MR) is 52.9 cm³/mol. The molecule has 1 unspecified atom stereocenters. The monoisotopic (exact) mass is 187 g/mol. The Balaban J connectivity index is 2.41. The SMILES string of the molecule is CO[C@@H](C)C1CN(C(C)C)CCO1. The Kier molecular flexibility index (Phi) is 4.16. The van der Waals surface area contributed by atoms with Crippen molar-refractivity contribution in [1.29, 1.82) is 0 Å². The van der Waals surface area contributed by atoms with Crippen LogP contribution in [-0.4, -0.2) is 50.0 Å². The van der Waals surface area contributed by atoms with E-state index in [1.54, 1.807) is 7.11 Å². The summed E-state index contributed by atoms with van der Waals surface area (Å²) in [6, 6.07) is 0.607. The molecule has 1 fully saturated rings. The molecule has 13 heavy (non-hydrogen) atoms. The lowest BCUT2D eigenvalue weighted by Gasteiger charge is -2.37. The number of ether oxygens (including phenoxy) is 2. The Morgan fingerprint density at radius 1 is 1.38 bits per heavy atom. The fraction of sp³-hybridized carbons (Fsp3) is 1.00. The number of morpholine rings is 1. The van der Waals surface area contributed by atoms with Crippen molar-refractivity contribution in [2.24, 2.45) is 0 Å². The van der Waals surface area contributed by atoms with Crippen molar-refractivity contribution in [1.82, 2.24) is 4.90 Å². The molecule has 0 aliphatic carbocycles. The molecule has 3 nitrogen and oxygen atoms in total. The summed E-state index contributed by atoms with van der Waals surface area (Å²) in [4.78, 5) is 2.43. The van der Waals surface area contributed by atoms with Crippen LogP contribution in [0.15, 0.2) is 0 Å². The van der Waals surface area contributed by atoms with Crippen LogP contribution in [0.25, 0.3) is 0 Å². The summed E-state index contributed by atoms with van der Waals surface area (Å²) in [5.74, 6) is 0. The summed E-state index contributed by atoms with van der Waals surface area (Å²) < 4.78 is 10.9. The first-order valence-corrected chi connectivity index (χ1v) is 5.03. The van der Waals surface area contributed by atoms with Crippen molar-refractivity contribution >= 4 is 0 Å². The van der Waals surface area contributed by atoms with Gasteiger partial charge < -0.3 is 9.47 Å². The van der Waals surface area contributed by atoms with Gasteiger partial charge in [-0.3, -0.25) is 4.90 Å². The second-order valence-corrected chi connectivity index (χ2v) is 3.94. The van der Waals surface area contributed by atoms with Crippen molar-refractivity contribution in [2.75, 3.05) is 26.8 Å². The van der Waals surface area contributed by atoms with Gasteiger partial charge in [-0.15, -0.1) is 0 Å². The van der Waals surface area contributed by atoms with Gasteiger partial charge in [0.2, 0.25) is 0 Å². The molecule has 78 valence electrons. The van der Waals surface area contributed by atoms with Gasteiger partial charge in [-0.2, -0.15) is 0 Å². The number of hydrogen-bond acceptors (Lipinski definition) is 3. The van der Waals surface area contributed by atoms with Crippen molar-refractivity contribution < 1.29 is 9.47 Å². The quantitative estimate of drug-likeness (QED) is 0.661. The first-order valence-electron chi connectivity index (χ1n) is 5.03. The third-order valence-corrected chi connectivity index (χ3v) is 2.75. The van der Waals surface area contributed by atoms with Crippen LogP contribution in [-0.2, 0) is 9.47 Å². The van der Waals surface area contributed by atoms with E-state index in [4.69, 9.17) is 9.47 Å². The highest BCUT2D eigenvalue weighted by atomic mass is 16.5. The van der Waals surface area contributed by atoms with Crippen LogP contribution in [0.3, 0.4) is 0 Å². The topological polar surface area (TPSA) is 21.7 Å². The number of rotatable bonds is 3. The third kappa shape index (κ3) is 2.93. The zero-order valence-electron chi connectivity index (χ0n) is 9.12. The normalized spacial score (nSPS) is 27.9. The molecule has 1 heterocycles. The molecule has 3 heteroatoms. The van der Waals surface area contributed by atoms with E-state index < -0.39 is 0 Å². The van der Waals surface area contributed by atoms with Crippen LogP contribution in [0, 0.1) is 0 Å². The molecule has 1 saturated heterocycles. The van der Waals surface area contributed by atoms with Gasteiger partial charge in [0.15, 0.2) is 0 Å². The van der Waals surface area contributed by atoms with Gasteiger partial charge >= 0.3 is 0 Å². The highest BCUT2D eigenvalue weighted by Crippen LogP contribution is 2.12. The Morgan fingerprint density at radius 2 is 2.08 bits per heavy atom. The van der Waals surface area contributed by atoms with E-state index in [9.17, 15) is 0 Å². The van der Waals surface area contributed by atoms with E-state index >= 15 is 0 Å². The van der Waals surface area contributed by atoms with E-state index in [0.717, 1.165) is 19.7 Å². The van der Waals surface area contributed by atoms with Crippen molar-refractivity contribution in [2.45, 2.75) is 39.0 Å². The molecule has 0 amide bonds. The molecule has 1 aliphatic rings. The van der Waals surface area contributed by atoms with Crippen molar-refractivity contribution in [3.05, 3.63) is 0 Å². The Bertz CT molecular complexity index is 150. The van der Waals surface area contributed by atoms with Gasteiger partial charge in [0.25, 0.3) is 0 Å². The summed E-state index contributed by atoms with van der Waals surface area (Å²) in [5.41, 5.74) is 0. The summed E-state index contributed by atoms with van der Waals surface area (Å²) in [6.45, 7) is 9.38. The highest BCUT2D eigenvalue weighted by molar-refractivity contribution is 4.77. The molecule has 2 atom stereocenters. The number of hydrogen-bond donors (Lipinski definition) is 0. The maximum Gasteiger partial charge on any atom is 0.0960 e. The lowest BCUT2D eigenvalue weighted by molar-refractivity contribution is -0.0998. The molecule has 0 N–H and O–H groups in total. The minimum atomic E-state index is 0.196. The van der Waals surface area contributed by atoms with Crippen LogP contribution in [0.5, 0.6) is 0 Å². The standard InChI is InChI=1S/C10H21NO2/c1-8(2)11-5-6-13-10(7-11)9(3)12-4/h8-10H,5-7H2,1-4H3/t9-,10?/m0/s1. The van der Waals surface area contributed by atoms with Gasteiger partial charge in [-0.25, -0.2) is 0 Å². The van der Waals surface area contributed by atoms with E-state index in [1.807, 2.05) is 0 Å². The first kappa shape index (κ1) is 11.0. The van der Waals surface area contributed by atoms with Crippen LogP contribution < -0.4 is 0 Å². The second-order valence-electron chi connectivity index (χ2n) is 3.94. The molecule has 0 aromatic heterocycles. The Morgan fingerprint density at radius 3 is 2.62 bits per heavy atom.